The van der Waals surface area contributed by atoms with Gasteiger partial charge in [0.15, 0.2) is 5.82 Å². The van der Waals surface area contributed by atoms with Crippen molar-refractivity contribution < 1.29 is 0 Å². The lowest BCUT2D eigenvalue weighted by Crippen LogP contribution is -1.99. The zero-order chi connectivity index (χ0) is 37.0. The quantitative estimate of drug-likeness (QED) is 0.172. The predicted molar refractivity (Wildman–Crippen MR) is 232 cm³/mol. The van der Waals surface area contributed by atoms with E-state index < -0.39 is 0 Å². The number of para-hydroxylation sites is 3. The van der Waals surface area contributed by atoms with Crippen molar-refractivity contribution in [3.63, 3.8) is 0 Å². The maximum Gasteiger partial charge on any atom is 0.162 e. The van der Waals surface area contributed by atoms with Gasteiger partial charge in [0.1, 0.15) is 5.65 Å². The highest BCUT2D eigenvalue weighted by Crippen LogP contribution is 2.40. The summed E-state index contributed by atoms with van der Waals surface area (Å²) in [6.07, 6.45) is 0. The number of hydrogen-bond acceptors (Lipinski definition) is 2. The van der Waals surface area contributed by atoms with Crippen LogP contribution in [-0.2, 0) is 0 Å². The van der Waals surface area contributed by atoms with Crippen molar-refractivity contribution in [1.82, 2.24) is 19.1 Å². The predicted octanol–water partition coefficient (Wildman–Crippen LogP) is 13.3. The molecule has 0 N–H and O–H groups in total. The number of aromatic nitrogens is 4. The molecule has 0 spiro atoms. The molecule has 8 aromatic carbocycles. The van der Waals surface area contributed by atoms with E-state index in [4.69, 9.17) is 9.97 Å². The van der Waals surface area contributed by atoms with Crippen LogP contribution >= 0.6 is 0 Å². The lowest BCUT2D eigenvalue weighted by Gasteiger charge is -2.11. The van der Waals surface area contributed by atoms with E-state index in [2.05, 4.69) is 215 Å². The highest BCUT2D eigenvalue weighted by Gasteiger charge is 2.21. The van der Waals surface area contributed by atoms with Crippen LogP contribution in [0.2, 0.25) is 0 Å². The van der Waals surface area contributed by atoms with Crippen molar-refractivity contribution in [1.29, 1.82) is 0 Å². The van der Waals surface area contributed by atoms with Crippen molar-refractivity contribution in [2.45, 2.75) is 0 Å². The van der Waals surface area contributed by atoms with Gasteiger partial charge in [-0.15, -0.1) is 0 Å². The largest absolute Gasteiger partial charge is 0.309 e. The van der Waals surface area contributed by atoms with Crippen LogP contribution in [0.3, 0.4) is 0 Å². The minimum atomic E-state index is 0.687. The number of nitrogens with zero attached hydrogens (tertiary/aromatic N) is 4. The molecular formula is C52H34N4. The molecule has 56 heavy (non-hydrogen) atoms. The molecule has 262 valence electrons. The normalized spacial score (nSPS) is 11.6. The fourth-order valence-electron chi connectivity index (χ4n) is 8.33. The fraction of sp³-hybridized carbons (Fsp3) is 0. The standard InChI is InChI=1S/C52H34N4/c1-5-16-35(17-6-1)38-28-30-47-44(33-38)45-34-39(29-31-48(45)55(47)41-22-9-3-10-23-41)37-20-15-21-40(32-37)51-53-50(36-18-7-2-8-19-36)49-43-26-13-14-27-46(43)56(52(49)54-51)42-24-11-4-12-25-42/h1-34H. The smallest absolute Gasteiger partial charge is 0.162 e. The second-order valence-electron chi connectivity index (χ2n) is 14.2. The van der Waals surface area contributed by atoms with E-state index in [1.807, 2.05) is 0 Å². The van der Waals surface area contributed by atoms with Crippen molar-refractivity contribution in [3.8, 4) is 56.3 Å². The Labute approximate surface area is 324 Å². The van der Waals surface area contributed by atoms with Gasteiger partial charge in [-0.1, -0.05) is 146 Å². The van der Waals surface area contributed by atoms with Gasteiger partial charge in [0.2, 0.25) is 0 Å². The molecule has 0 fully saturated rings. The topological polar surface area (TPSA) is 35.6 Å². The van der Waals surface area contributed by atoms with Gasteiger partial charge in [0.05, 0.1) is 27.6 Å². The van der Waals surface area contributed by atoms with Crippen LogP contribution in [0.5, 0.6) is 0 Å². The molecule has 11 aromatic rings. The Morgan fingerprint density at radius 2 is 0.786 bits per heavy atom. The van der Waals surface area contributed by atoms with E-state index in [9.17, 15) is 0 Å². The van der Waals surface area contributed by atoms with Crippen molar-refractivity contribution >= 4 is 43.7 Å². The van der Waals surface area contributed by atoms with Crippen LogP contribution in [0, 0.1) is 0 Å². The van der Waals surface area contributed by atoms with Crippen LogP contribution in [-0.4, -0.2) is 19.1 Å². The molecular weight excluding hydrogens is 681 g/mol. The zero-order valence-corrected chi connectivity index (χ0v) is 30.4. The van der Waals surface area contributed by atoms with E-state index in [0.29, 0.717) is 5.82 Å². The highest BCUT2D eigenvalue weighted by molar-refractivity contribution is 6.14. The lowest BCUT2D eigenvalue weighted by atomic mass is 9.99. The monoisotopic (exact) mass is 714 g/mol. The first-order valence-electron chi connectivity index (χ1n) is 19.0. The molecule has 4 nitrogen and oxygen atoms in total. The average Bonchev–Trinajstić information content (AvgIpc) is 3.79. The minimum Gasteiger partial charge on any atom is -0.309 e. The van der Waals surface area contributed by atoms with Crippen LogP contribution in [0.4, 0.5) is 0 Å². The highest BCUT2D eigenvalue weighted by atomic mass is 15.1. The summed E-state index contributed by atoms with van der Waals surface area (Å²) >= 11 is 0. The maximum absolute atomic E-state index is 5.39. The van der Waals surface area contributed by atoms with Gasteiger partial charge in [0, 0.05) is 38.7 Å². The summed E-state index contributed by atoms with van der Waals surface area (Å²) in [5.74, 6) is 0.687. The van der Waals surface area contributed by atoms with E-state index in [1.54, 1.807) is 0 Å². The number of fused-ring (bicyclic) bond motifs is 6. The second kappa shape index (κ2) is 13.1. The molecule has 3 heterocycles. The molecule has 0 bridgehead atoms. The van der Waals surface area contributed by atoms with Crippen LogP contribution in [0.15, 0.2) is 206 Å². The van der Waals surface area contributed by atoms with Crippen LogP contribution in [0.1, 0.15) is 0 Å². The average molecular weight is 715 g/mol. The van der Waals surface area contributed by atoms with Crippen LogP contribution < -0.4 is 0 Å². The Balaban J connectivity index is 1.12. The molecule has 0 saturated heterocycles. The number of rotatable bonds is 6. The number of hydrogen-bond donors (Lipinski definition) is 0. The second-order valence-corrected chi connectivity index (χ2v) is 14.2. The Bertz CT molecular complexity index is 3220. The molecule has 3 aromatic heterocycles. The first-order chi connectivity index (χ1) is 27.8. The van der Waals surface area contributed by atoms with Gasteiger partial charge in [-0.25, -0.2) is 9.97 Å². The summed E-state index contributed by atoms with van der Waals surface area (Å²) in [5, 5.41) is 4.61. The van der Waals surface area contributed by atoms with Gasteiger partial charge in [0.25, 0.3) is 0 Å². The Morgan fingerprint density at radius 3 is 1.45 bits per heavy atom. The van der Waals surface area contributed by atoms with E-state index in [0.717, 1.165) is 61.3 Å². The van der Waals surface area contributed by atoms with Crippen molar-refractivity contribution in [3.05, 3.63) is 206 Å². The third-order valence-corrected chi connectivity index (χ3v) is 10.9. The number of benzene rings is 8. The summed E-state index contributed by atoms with van der Waals surface area (Å²) < 4.78 is 4.64. The summed E-state index contributed by atoms with van der Waals surface area (Å²) in [4.78, 5) is 10.8. The minimum absolute atomic E-state index is 0.687. The molecule has 0 unspecified atom stereocenters. The molecule has 4 heteroatoms. The van der Waals surface area contributed by atoms with Crippen molar-refractivity contribution in [2.24, 2.45) is 0 Å². The lowest BCUT2D eigenvalue weighted by molar-refractivity contribution is 1.11. The fourth-order valence-corrected chi connectivity index (χ4v) is 8.33. The summed E-state index contributed by atoms with van der Waals surface area (Å²) in [6, 6.07) is 73.2. The summed E-state index contributed by atoms with van der Waals surface area (Å²) in [5.41, 5.74) is 14.1. The molecule has 0 aliphatic rings. The summed E-state index contributed by atoms with van der Waals surface area (Å²) in [7, 11) is 0. The van der Waals surface area contributed by atoms with Gasteiger partial charge < -0.3 is 4.57 Å². The molecule has 0 aliphatic carbocycles. The van der Waals surface area contributed by atoms with Gasteiger partial charge in [-0.3, -0.25) is 4.57 Å². The Morgan fingerprint density at radius 1 is 0.304 bits per heavy atom. The SMILES string of the molecule is c1ccc(-c2ccc3c(c2)c2cc(-c4cccc(-c5nc(-c6ccccc6)c6c7ccccc7n(-c7ccccc7)c6n5)c4)ccc2n3-c2ccccc2)cc1. The van der Waals surface area contributed by atoms with Crippen molar-refractivity contribution in [2.75, 3.05) is 0 Å². The van der Waals surface area contributed by atoms with Gasteiger partial charge >= 0.3 is 0 Å². The molecule has 0 saturated carbocycles. The first kappa shape index (κ1) is 31.9. The third-order valence-electron chi connectivity index (χ3n) is 10.9. The third kappa shape index (κ3) is 5.23. The van der Waals surface area contributed by atoms with Gasteiger partial charge in [-0.05, 0) is 82.9 Å². The molecule has 0 radical (unpaired) electrons. The van der Waals surface area contributed by atoms with E-state index in [1.165, 1.54) is 32.9 Å². The zero-order valence-electron chi connectivity index (χ0n) is 30.4. The van der Waals surface area contributed by atoms with Gasteiger partial charge in [-0.2, -0.15) is 0 Å². The Hall–Kier alpha value is -7.56. The molecule has 0 amide bonds. The van der Waals surface area contributed by atoms with Crippen LogP contribution in [0.25, 0.3) is 100 Å². The molecule has 0 aliphatic heterocycles. The first-order valence-corrected chi connectivity index (χ1v) is 19.0. The summed E-state index contributed by atoms with van der Waals surface area (Å²) in [6.45, 7) is 0. The molecule has 0 atom stereocenters. The maximum atomic E-state index is 5.39. The van der Waals surface area contributed by atoms with E-state index >= 15 is 0 Å². The molecule has 11 rings (SSSR count). The Kier molecular flexibility index (Phi) is 7.46. The van der Waals surface area contributed by atoms with E-state index in [-0.39, 0.29) is 0 Å².